The van der Waals surface area contributed by atoms with Gasteiger partial charge in [0.05, 0.1) is 0 Å². The predicted molar refractivity (Wildman–Crippen MR) is 65.8 cm³/mol. The van der Waals surface area contributed by atoms with Gasteiger partial charge in [-0.2, -0.15) is 0 Å². The maximum atomic E-state index is 11.1. The highest BCUT2D eigenvalue weighted by Gasteiger charge is 2.04. The van der Waals surface area contributed by atoms with Gasteiger partial charge >= 0.3 is 0 Å². The van der Waals surface area contributed by atoms with Crippen molar-refractivity contribution in [3.8, 4) is 0 Å². The van der Waals surface area contributed by atoms with E-state index in [1.54, 1.807) is 13.1 Å². The lowest BCUT2D eigenvalue weighted by molar-refractivity contribution is -0.116. The molecule has 0 aromatic heterocycles. The van der Waals surface area contributed by atoms with Gasteiger partial charge in [-0.1, -0.05) is 30.3 Å². The summed E-state index contributed by atoms with van der Waals surface area (Å²) in [5.41, 5.74) is 2.06. The van der Waals surface area contributed by atoms with Gasteiger partial charge in [-0.3, -0.25) is 4.79 Å². The Morgan fingerprint density at radius 1 is 1.31 bits per heavy atom. The van der Waals surface area contributed by atoms with E-state index in [-0.39, 0.29) is 11.9 Å². The van der Waals surface area contributed by atoms with E-state index in [0.717, 1.165) is 5.70 Å². The van der Waals surface area contributed by atoms with Crippen LogP contribution in [0.1, 0.15) is 25.5 Å². The normalized spacial score (nSPS) is 13.1. The Hall–Kier alpha value is -1.77. The smallest absolute Gasteiger partial charge is 0.245 e. The van der Waals surface area contributed by atoms with E-state index in [1.807, 2.05) is 25.1 Å². The Bertz CT molecular complexity index is 371. The minimum atomic E-state index is -0.0924. The third-order valence-corrected chi connectivity index (χ3v) is 2.34. The van der Waals surface area contributed by atoms with Gasteiger partial charge in [0.15, 0.2) is 0 Å². The van der Waals surface area contributed by atoms with Gasteiger partial charge in [-0.25, -0.2) is 0 Å². The maximum Gasteiger partial charge on any atom is 0.245 e. The second-order valence-electron chi connectivity index (χ2n) is 3.72. The van der Waals surface area contributed by atoms with Gasteiger partial charge in [0.25, 0.3) is 0 Å². The molecular weight excluding hydrogens is 200 g/mol. The Morgan fingerprint density at radius 2 is 1.94 bits per heavy atom. The molecule has 0 aliphatic rings. The first-order valence-electron chi connectivity index (χ1n) is 5.35. The van der Waals surface area contributed by atoms with Gasteiger partial charge in [-0.05, 0) is 19.4 Å². The highest BCUT2D eigenvalue weighted by Crippen LogP contribution is 2.12. The second-order valence-corrected chi connectivity index (χ2v) is 3.72. The van der Waals surface area contributed by atoms with Crippen LogP contribution in [-0.4, -0.2) is 13.0 Å². The number of nitrogens with one attached hydrogen (secondary N) is 2. The van der Waals surface area contributed by atoms with Crippen LogP contribution >= 0.6 is 0 Å². The van der Waals surface area contributed by atoms with E-state index in [1.165, 1.54) is 5.56 Å². The summed E-state index contributed by atoms with van der Waals surface area (Å²) in [6, 6.07) is 10.3. The van der Waals surface area contributed by atoms with E-state index in [9.17, 15) is 4.79 Å². The summed E-state index contributed by atoms with van der Waals surface area (Å²) in [6.07, 6.45) is 1.56. The third-order valence-electron chi connectivity index (χ3n) is 2.34. The van der Waals surface area contributed by atoms with E-state index in [0.29, 0.717) is 0 Å². The van der Waals surface area contributed by atoms with E-state index < -0.39 is 0 Å². The van der Waals surface area contributed by atoms with Gasteiger partial charge < -0.3 is 10.6 Å². The molecule has 0 bridgehead atoms. The number of likely N-dealkylation sites (N-methyl/N-ethyl adjacent to an activating group) is 1. The monoisotopic (exact) mass is 218 g/mol. The molecule has 0 spiro atoms. The minimum absolute atomic E-state index is 0.0924. The molecule has 1 aromatic carbocycles. The molecule has 1 rings (SSSR count). The Morgan fingerprint density at radius 3 is 2.50 bits per heavy atom. The Kier molecular flexibility index (Phi) is 4.58. The predicted octanol–water partition coefficient (Wildman–Crippen LogP) is 1.99. The molecule has 0 saturated heterocycles. The molecule has 0 heterocycles. The summed E-state index contributed by atoms with van der Waals surface area (Å²) in [6.45, 7) is 3.95. The molecule has 1 amide bonds. The number of hydrogen-bond acceptors (Lipinski definition) is 2. The number of carbonyl (C=O) groups excluding carboxylic acids is 1. The van der Waals surface area contributed by atoms with E-state index in [2.05, 4.69) is 29.7 Å². The molecular formula is C13H18N2O. The molecule has 0 aliphatic carbocycles. The van der Waals surface area contributed by atoms with Crippen LogP contribution in [-0.2, 0) is 4.79 Å². The number of carbonyl (C=O) groups is 1. The molecule has 86 valence electrons. The van der Waals surface area contributed by atoms with Crippen molar-refractivity contribution in [2.75, 3.05) is 7.05 Å². The van der Waals surface area contributed by atoms with Crippen molar-refractivity contribution >= 4 is 5.91 Å². The van der Waals surface area contributed by atoms with Crippen molar-refractivity contribution in [1.29, 1.82) is 0 Å². The molecule has 0 radical (unpaired) electrons. The summed E-state index contributed by atoms with van der Waals surface area (Å²) in [5, 5.41) is 5.82. The molecule has 3 heteroatoms. The van der Waals surface area contributed by atoms with Crippen LogP contribution in [0.5, 0.6) is 0 Å². The largest absolute Gasteiger partial charge is 0.382 e. The molecule has 1 aromatic rings. The number of rotatable bonds is 4. The number of benzene rings is 1. The molecule has 0 fully saturated rings. The molecule has 2 N–H and O–H groups in total. The van der Waals surface area contributed by atoms with Crippen molar-refractivity contribution in [3.63, 3.8) is 0 Å². The van der Waals surface area contributed by atoms with Crippen LogP contribution < -0.4 is 10.6 Å². The fourth-order valence-corrected chi connectivity index (χ4v) is 1.48. The highest BCUT2D eigenvalue weighted by atomic mass is 16.1. The van der Waals surface area contributed by atoms with Gasteiger partial charge in [0.1, 0.15) is 0 Å². The van der Waals surface area contributed by atoms with Crippen molar-refractivity contribution in [1.82, 2.24) is 10.6 Å². The summed E-state index contributed by atoms with van der Waals surface area (Å²) in [4.78, 5) is 11.1. The molecule has 0 saturated carbocycles. The van der Waals surface area contributed by atoms with Gasteiger partial charge in [-0.15, -0.1) is 0 Å². The first-order chi connectivity index (χ1) is 7.63. The lowest BCUT2D eigenvalue weighted by atomic mass is 10.1. The zero-order valence-electron chi connectivity index (χ0n) is 9.95. The number of allylic oxidation sites excluding steroid dienone is 1. The van der Waals surface area contributed by atoms with Gasteiger partial charge in [0.2, 0.25) is 5.91 Å². The fraction of sp³-hybridized carbons (Fsp3) is 0.308. The maximum absolute atomic E-state index is 11.1. The Balaban J connectivity index is 2.61. The number of hydrogen-bond donors (Lipinski definition) is 2. The van der Waals surface area contributed by atoms with Crippen molar-refractivity contribution in [3.05, 3.63) is 47.7 Å². The topological polar surface area (TPSA) is 41.1 Å². The molecule has 3 nitrogen and oxygen atoms in total. The van der Waals surface area contributed by atoms with Crippen LogP contribution in [0.15, 0.2) is 42.1 Å². The third kappa shape index (κ3) is 3.77. The average Bonchev–Trinajstić information content (AvgIpc) is 2.29. The molecule has 0 aliphatic heterocycles. The SMILES string of the molecule is CNC(=O)/C=C(/C)NC(C)c1ccccc1. The molecule has 16 heavy (non-hydrogen) atoms. The average molecular weight is 218 g/mol. The van der Waals surface area contributed by atoms with Crippen LogP contribution in [0.3, 0.4) is 0 Å². The van der Waals surface area contributed by atoms with Gasteiger partial charge in [0, 0.05) is 24.9 Å². The quantitative estimate of drug-likeness (QED) is 0.759. The lowest BCUT2D eigenvalue weighted by Gasteiger charge is -2.15. The summed E-state index contributed by atoms with van der Waals surface area (Å²) < 4.78 is 0. The fourth-order valence-electron chi connectivity index (χ4n) is 1.48. The highest BCUT2D eigenvalue weighted by molar-refractivity contribution is 5.87. The number of amides is 1. The summed E-state index contributed by atoms with van der Waals surface area (Å²) >= 11 is 0. The van der Waals surface area contributed by atoms with Crippen LogP contribution in [0.25, 0.3) is 0 Å². The van der Waals surface area contributed by atoms with E-state index in [4.69, 9.17) is 0 Å². The summed E-state index contributed by atoms with van der Waals surface area (Å²) in [7, 11) is 1.62. The van der Waals surface area contributed by atoms with Crippen LogP contribution in [0.4, 0.5) is 0 Å². The zero-order chi connectivity index (χ0) is 12.0. The van der Waals surface area contributed by atoms with E-state index >= 15 is 0 Å². The second kappa shape index (κ2) is 5.95. The zero-order valence-corrected chi connectivity index (χ0v) is 9.95. The van der Waals surface area contributed by atoms with Crippen molar-refractivity contribution in [2.24, 2.45) is 0 Å². The lowest BCUT2D eigenvalue weighted by Crippen LogP contribution is -2.20. The van der Waals surface area contributed by atoms with Crippen LogP contribution in [0, 0.1) is 0 Å². The van der Waals surface area contributed by atoms with Crippen molar-refractivity contribution in [2.45, 2.75) is 19.9 Å². The minimum Gasteiger partial charge on any atom is -0.382 e. The Labute approximate surface area is 96.6 Å². The van der Waals surface area contributed by atoms with Crippen molar-refractivity contribution < 1.29 is 4.79 Å². The molecule has 1 atom stereocenters. The van der Waals surface area contributed by atoms with Crippen LogP contribution in [0.2, 0.25) is 0 Å². The first kappa shape index (κ1) is 12.3. The first-order valence-corrected chi connectivity index (χ1v) is 5.35. The summed E-state index contributed by atoms with van der Waals surface area (Å²) in [5.74, 6) is -0.0924. The molecule has 1 unspecified atom stereocenters. The standard InChI is InChI=1S/C13H18N2O/c1-10(9-13(16)14-3)15-11(2)12-7-5-4-6-8-12/h4-9,11,15H,1-3H3,(H,14,16)/b10-9-.